The maximum Gasteiger partial charge on any atom is 0.321 e. The zero-order valence-corrected chi connectivity index (χ0v) is 84.4. The highest BCUT2D eigenvalue weighted by molar-refractivity contribution is 7.99. The Bertz CT molecular complexity index is 4290. The number of aromatic nitrogens is 1. The smallest absolute Gasteiger partial charge is 0.321 e. The number of hydrogen-bond acceptors (Lipinski definition) is 52. The third-order valence-corrected chi connectivity index (χ3v) is 32.0. The number of epoxide rings is 1. The largest absolute Gasteiger partial charge is 0.481 e. The number of aliphatic hydroxyl groups is 21. The molecule has 24 rings (SSSR count). The van der Waals surface area contributed by atoms with E-state index < -0.39 is 333 Å². The van der Waals surface area contributed by atoms with Crippen LogP contribution >= 0.6 is 42.4 Å². The Morgan fingerprint density at radius 3 is 1.29 bits per heavy atom. The number of fused-ring (bicyclic) bond motifs is 1. The third-order valence-electron chi connectivity index (χ3n) is 27.3. The lowest BCUT2D eigenvalue weighted by molar-refractivity contribution is -0.395. The Kier molecular flexibility index (Phi) is 47.4. The zero-order valence-electron chi connectivity index (χ0n) is 81.1. The highest BCUT2D eigenvalue weighted by atomic mass is 32.2. The van der Waals surface area contributed by atoms with Crippen molar-refractivity contribution < 1.29 is 241 Å². The number of hydrogen-bond donors (Lipinski definition) is 27. The highest BCUT2D eigenvalue weighted by Crippen LogP contribution is 2.47. The number of Topliss-reactive ketones (excluding diaryl/α,β-unsaturated/α-hetero) is 3. The SMILES string of the molecule is C/C(=C\c1csc(CNP(=O)(O)CCN)n1)C1C[C@H]2O[C@@]2(C)CCC[C@@H](C)[C@@H](O)[C@H](C)C(=O)C(C)(C)[C@H](O)CC(=O)O1.CN[C@H](CSCC1O[C@H]2O[C@H]3C(CO)O[C@H](O[C@@H]4C(CO)O[C@H](O[C@@H]5C(CO)O[C@H](O[C@@H]6C(CSC[C@@H](CC(=O)CCOCCOCCC(C)=O)C(=O)O)O[C@H](O[C@@H]7C(CO)O[C@@H](O[C@H]8C(CO)O[C@H](O[C@H]1[C@H](O)C2O)C(O)[C@H]8O)C(O)[C@H]7O)C(O)[C@H]6O)C(O)[C@H]5O)C(O)[C@H]4O)C(O)[C@H]3O)C(=O)O. The average molecular weight is 2170 g/mol. The maximum atomic E-state index is 13.3. The van der Waals surface area contributed by atoms with Crippen LogP contribution in [0.3, 0.4) is 0 Å². The van der Waals surface area contributed by atoms with Crippen molar-refractivity contribution in [2.45, 2.75) is 357 Å². The van der Waals surface area contributed by atoms with Gasteiger partial charge in [-0.25, -0.2) is 10.1 Å². The van der Waals surface area contributed by atoms with E-state index in [-0.39, 0.29) is 111 Å². The number of nitrogens with one attached hydrogen (secondary N) is 2. The number of ketones is 3. The molecule has 145 heavy (non-hydrogen) atoms. The van der Waals surface area contributed by atoms with Gasteiger partial charge in [-0.15, -0.1) is 11.3 Å². The Morgan fingerprint density at radius 1 is 0.545 bits per heavy atom. The molecule has 28 N–H and O–H groups in total. The number of ether oxygens (including phenoxy) is 18. The molecule has 24 heterocycles. The molecule has 23 aliphatic rings. The van der Waals surface area contributed by atoms with Crippen LogP contribution in [0, 0.1) is 23.2 Å². The van der Waals surface area contributed by atoms with Crippen molar-refractivity contribution in [2.24, 2.45) is 28.9 Å². The fourth-order valence-corrected chi connectivity index (χ4v) is 22.2. The lowest BCUT2D eigenvalue weighted by atomic mass is 9.73. The van der Waals surface area contributed by atoms with Gasteiger partial charge in [0.15, 0.2) is 44.0 Å². The number of carboxylic acids is 2. The van der Waals surface area contributed by atoms with Crippen LogP contribution in [0.5, 0.6) is 0 Å². The predicted octanol–water partition coefficient (Wildman–Crippen LogP) is -9.61. The van der Waals surface area contributed by atoms with E-state index >= 15 is 0 Å². The molecule has 53 nitrogen and oxygen atoms in total. The van der Waals surface area contributed by atoms with Crippen LogP contribution in [0.25, 0.3) is 6.08 Å². The first kappa shape index (κ1) is 123. The number of cyclic esters (lactones) is 1. The summed E-state index contributed by atoms with van der Waals surface area (Å²) in [6.45, 7) is 6.98. The van der Waals surface area contributed by atoms with E-state index in [1.807, 2.05) is 32.2 Å². The molecule has 0 amide bonds. The summed E-state index contributed by atoms with van der Waals surface area (Å²) in [6.07, 6.45) is -71.9. The second kappa shape index (κ2) is 55.9. The fourth-order valence-electron chi connectivity index (χ4n) is 18.2. The number of thioether (sulfide) groups is 2. The van der Waals surface area contributed by atoms with Gasteiger partial charge in [0.2, 0.25) is 0 Å². The third kappa shape index (κ3) is 31.7. The van der Waals surface area contributed by atoms with Gasteiger partial charge >= 0.3 is 17.9 Å². The van der Waals surface area contributed by atoms with Crippen LogP contribution in [0.4, 0.5) is 0 Å². The number of carbonyl (C=O) groups is 6. The zero-order chi connectivity index (χ0) is 107. The quantitative estimate of drug-likeness (QED) is 0.0132. The van der Waals surface area contributed by atoms with Crippen molar-refractivity contribution in [3.8, 4) is 0 Å². The van der Waals surface area contributed by atoms with E-state index in [0.717, 1.165) is 48.4 Å². The molecular weight excluding hydrogens is 2020 g/mol. The summed E-state index contributed by atoms with van der Waals surface area (Å²) in [5.74, 6) is -7.83. The normalized spacial score (nSPS) is 42.0. The Morgan fingerprint density at radius 2 is 0.924 bits per heavy atom. The topological polar surface area (TPSA) is 837 Å². The molecule has 0 spiro atoms. The average Bonchev–Trinajstić information content (AvgIpc) is 1.73. The van der Waals surface area contributed by atoms with Gasteiger partial charge in [0.1, 0.15) is 193 Å². The van der Waals surface area contributed by atoms with Crippen molar-refractivity contribution in [3.05, 3.63) is 21.7 Å². The van der Waals surface area contributed by atoms with Gasteiger partial charge in [-0.2, -0.15) is 23.5 Å². The van der Waals surface area contributed by atoms with Gasteiger partial charge < -0.3 is 219 Å². The number of esters is 1. The fraction of sp³-hybridized carbons (Fsp3) is 0.875. The van der Waals surface area contributed by atoms with E-state index in [0.29, 0.717) is 17.1 Å². The first-order valence-electron chi connectivity index (χ1n) is 47.9. The maximum absolute atomic E-state index is 13.3. The molecule has 834 valence electrons. The molecular formula is C88H145N4O49PS3. The number of nitrogens with two attached hydrogens (primary N) is 1. The second-order valence-corrected chi connectivity index (χ2v) is 43.7. The minimum atomic E-state index is -3.53. The molecule has 0 radical (unpaired) electrons. The lowest BCUT2D eigenvalue weighted by Crippen LogP contribution is -2.68. The molecule has 0 aromatic carbocycles. The van der Waals surface area contributed by atoms with E-state index in [9.17, 15) is 156 Å². The van der Waals surface area contributed by atoms with Gasteiger partial charge in [-0.3, -0.25) is 33.3 Å². The summed E-state index contributed by atoms with van der Waals surface area (Å²) in [7, 11) is -2.18. The molecule has 1 aromatic rings. The van der Waals surface area contributed by atoms with E-state index in [1.165, 1.54) is 25.3 Å². The van der Waals surface area contributed by atoms with Crippen molar-refractivity contribution in [1.82, 2.24) is 15.4 Å². The van der Waals surface area contributed by atoms with E-state index in [2.05, 4.69) is 15.4 Å². The molecule has 23 fully saturated rings. The number of aliphatic carboxylic acids is 2. The number of thiazole rings is 1. The van der Waals surface area contributed by atoms with Crippen LogP contribution < -0.4 is 16.1 Å². The molecule has 1 aromatic heterocycles. The van der Waals surface area contributed by atoms with Crippen molar-refractivity contribution in [1.29, 1.82) is 0 Å². The van der Waals surface area contributed by atoms with Crippen molar-refractivity contribution in [3.63, 3.8) is 0 Å². The van der Waals surface area contributed by atoms with Gasteiger partial charge in [0.05, 0.1) is 132 Å². The van der Waals surface area contributed by atoms with Gasteiger partial charge in [-0.1, -0.05) is 34.1 Å². The van der Waals surface area contributed by atoms with Crippen molar-refractivity contribution >= 4 is 83.7 Å². The summed E-state index contributed by atoms with van der Waals surface area (Å²) in [4.78, 5) is 89.5. The molecule has 23 aliphatic heterocycles. The number of nitrogens with zero attached hydrogens (tertiary/aromatic N) is 1. The van der Waals surface area contributed by atoms with Crippen LogP contribution in [-0.4, -0.2) is 516 Å². The first-order valence-corrected chi connectivity index (χ1v) is 52.9. The van der Waals surface area contributed by atoms with Crippen LogP contribution in [0.1, 0.15) is 111 Å². The Labute approximate surface area is 846 Å². The van der Waals surface area contributed by atoms with Gasteiger partial charge in [-0.05, 0) is 58.2 Å². The summed E-state index contributed by atoms with van der Waals surface area (Å²) >= 11 is 3.00. The van der Waals surface area contributed by atoms with Crippen LogP contribution in [0.15, 0.2) is 11.0 Å². The van der Waals surface area contributed by atoms with Gasteiger partial charge in [0, 0.05) is 66.5 Å². The molecule has 0 aliphatic carbocycles. The lowest BCUT2D eigenvalue weighted by Gasteiger charge is -2.50. The number of carboxylic acid groups (broad SMARTS) is 2. The summed E-state index contributed by atoms with van der Waals surface area (Å²) in [6, 6.07) is -1.18. The first-order chi connectivity index (χ1) is 68.5. The second-order valence-electron chi connectivity index (χ2n) is 38.4. The molecule has 57 heteroatoms. The molecule has 45 atom stereocenters. The Hall–Kier alpha value is -3.96. The van der Waals surface area contributed by atoms with Crippen LogP contribution in [-0.2, 0) is 125 Å². The summed E-state index contributed by atoms with van der Waals surface area (Å²) in [5.41, 5.74) is 5.11. The van der Waals surface area contributed by atoms with E-state index in [4.69, 9.17) is 91.0 Å². The molecule has 16 unspecified atom stereocenters. The molecule has 23 saturated heterocycles. The minimum absolute atomic E-state index is 0.0283. The number of rotatable bonds is 34. The molecule has 14 bridgehead atoms. The summed E-state index contributed by atoms with van der Waals surface area (Å²) in [5, 5.41) is 266. The van der Waals surface area contributed by atoms with E-state index in [1.54, 1.807) is 20.8 Å². The minimum Gasteiger partial charge on any atom is -0.481 e. The number of carbonyl (C=O) groups excluding carboxylic acids is 4. The summed E-state index contributed by atoms with van der Waals surface area (Å²) < 4.78 is 117. The molecule has 0 saturated carbocycles. The highest BCUT2D eigenvalue weighted by Gasteiger charge is 2.61. The Balaban J connectivity index is 0.000000426. The number of likely N-dealkylation sites (N-methyl/N-ethyl adjacent to an activating group) is 1. The van der Waals surface area contributed by atoms with Gasteiger partial charge in [0.25, 0.3) is 7.52 Å². The number of aliphatic hydroxyl groups excluding tert-OH is 21. The predicted molar refractivity (Wildman–Crippen MR) is 493 cm³/mol. The van der Waals surface area contributed by atoms with Crippen molar-refractivity contribution in [2.75, 3.05) is 102 Å². The van der Waals surface area contributed by atoms with Crippen LogP contribution in [0.2, 0.25) is 0 Å². The monoisotopic (exact) mass is 2170 g/mol. The standard InChI is InChI=1S/C59H97NO41S2.C29H48N3O8PS/c1-19(66)3-5-86-7-8-87-6-4-21(67)9-20(51(82)83)15-102-17-28-49-35(73)42(80)58(93-28)98-47-26(13-64)89-55(38(76)31(47)69)97-46-25(12-63)92-57(41(79)34(46)72)101-50-29(18-103-16-22(60-2)52(84)85)94-59(43(81)36(50)74)99-48-27(14-65)90-54(39(77)32(48)70)95-44-23(10-61)88-53(37(75)30(44)68)96-45-24(11-62)91-56(100-49)40(78)33(45)71;1-17-8-7-9-29(6)23(40-29)13-21(39-25(34)14-22(33)28(4,5)27(36)19(3)26(17)35)18(2)12-20-16-42-24(32-20)15-31-41(37,38)11-10-30/h20,22-50,53-65,68-81H,3-18H2,1-2H3,(H,82,83)(H,84,85);12,16-17,19,21-23,26,33,35H,7-11,13-15,30H2,1-6H3,(H2,31,37,38)/b;18-12+/t20-,22-,23?,24?,25?,26?,27?,28?,29?,30-,31-,32-,33-,34-,35-,36-,37?,38?,39?,40?,41?,42?,43?,44-,45-,46+,47-,48+,49-,50-,53-,54-,55+,56-,57-,58-,59+;17-,19+,21?,22-,23-,26-,29+/m11/s1.